The number of aliphatic carboxylic acids is 1. The highest BCUT2D eigenvalue weighted by Crippen LogP contribution is 2.17. The third-order valence-corrected chi connectivity index (χ3v) is 4.15. The number of carboxylic acids is 1. The molecule has 0 saturated carbocycles. The molecule has 0 radical (unpaired) electrons. The van der Waals surface area contributed by atoms with Gasteiger partial charge in [0.2, 0.25) is 10.0 Å². The van der Waals surface area contributed by atoms with E-state index in [0.29, 0.717) is 5.52 Å². The number of rotatable bonds is 5. The molecule has 9 heteroatoms. The Balaban J connectivity index is 2.32. The van der Waals surface area contributed by atoms with Crippen LogP contribution in [-0.2, 0) is 21.9 Å². The van der Waals surface area contributed by atoms with Gasteiger partial charge in [-0.3, -0.25) is 4.57 Å². The maximum absolute atomic E-state index is 11.9. The van der Waals surface area contributed by atoms with E-state index >= 15 is 0 Å². The van der Waals surface area contributed by atoms with Crippen molar-refractivity contribution in [2.45, 2.75) is 11.3 Å². The number of hydrogen-bond donors (Lipinski definition) is 1. The van der Waals surface area contributed by atoms with Crippen molar-refractivity contribution in [3.05, 3.63) is 28.7 Å². The maximum atomic E-state index is 11.9. The molecule has 0 unspecified atom stereocenters. The predicted molar refractivity (Wildman–Crippen MR) is 66.3 cm³/mol. The lowest BCUT2D eigenvalue weighted by molar-refractivity contribution is -0.305. The van der Waals surface area contributed by atoms with Crippen molar-refractivity contribution in [2.24, 2.45) is 7.05 Å². The summed E-state index contributed by atoms with van der Waals surface area (Å²) in [5.74, 6) is -1.95. The summed E-state index contributed by atoms with van der Waals surface area (Å²) in [5, 5.41) is 10.2. The zero-order valence-corrected chi connectivity index (χ0v) is 11.3. The van der Waals surface area contributed by atoms with E-state index < -0.39 is 28.2 Å². The number of nitrogens with one attached hydrogen (secondary N) is 1. The van der Waals surface area contributed by atoms with Crippen molar-refractivity contribution < 1.29 is 22.7 Å². The molecule has 1 aromatic carbocycles. The van der Waals surface area contributed by atoms with Crippen molar-refractivity contribution in [3.63, 3.8) is 0 Å². The summed E-state index contributed by atoms with van der Waals surface area (Å²) >= 11 is 0. The molecular weight excluding hydrogens is 288 g/mol. The van der Waals surface area contributed by atoms with Gasteiger partial charge in [-0.15, -0.1) is 0 Å². The standard InChI is InChI=1S/C11H12N2O6S/c1-13-8-3-2-7(6-9(8)19-11(13)16)20(17,18)12-5-4-10(14)15/h2-3,6,12H,4-5H2,1H3,(H,14,15)/p-1. The number of nitrogens with zero attached hydrogens (tertiary/aromatic N) is 1. The normalized spacial score (nSPS) is 11.8. The van der Waals surface area contributed by atoms with Crippen molar-refractivity contribution in [1.82, 2.24) is 9.29 Å². The van der Waals surface area contributed by atoms with Gasteiger partial charge >= 0.3 is 5.76 Å². The fourth-order valence-corrected chi connectivity index (χ4v) is 2.70. The lowest BCUT2D eigenvalue weighted by Gasteiger charge is -2.07. The van der Waals surface area contributed by atoms with Gasteiger partial charge in [-0.2, -0.15) is 0 Å². The number of benzene rings is 1. The highest BCUT2D eigenvalue weighted by molar-refractivity contribution is 7.89. The number of sulfonamides is 1. The molecule has 1 N–H and O–H groups in total. The molecule has 0 bridgehead atoms. The van der Waals surface area contributed by atoms with Gasteiger partial charge in [0.25, 0.3) is 0 Å². The molecule has 0 amide bonds. The number of fused-ring (bicyclic) bond motifs is 1. The molecule has 0 fully saturated rings. The molecule has 2 aromatic rings. The van der Waals surface area contributed by atoms with Gasteiger partial charge in [0.15, 0.2) is 5.58 Å². The van der Waals surface area contributed by atoms with Crippen LogP contribution in [0.2, 0.25) is 0 Å². The Labute approximate surface area is 113 Å². The topological polar surface area (TPSA) is 121 Å². The van der Waals surface area contributed by atoms with E-state index in [4.69, 9.17) is 4.42 Å². The van der Waals surface area contributed by atoms with Gasteiger partial charge in [0, 0.05) is 32.0 Å². The van der Waals surface area contributed by atoms with E-state index in [9.17, 15) is 23.1 Å². The Morgan fingerprint density at radius 3 is 2.80 bits per heavy atom. The molecule has 2 rings (SSSR count). The summed E-state index contributed by atoms with van der Waals surface area (Å²) in [6.45, 7) is -0.276. The highest BCUT2D eigenvalue weighted by Gasteiger charge is 2.16. The van der Waals surface area contributed by atoms with E-state index in [1.807, 2.05) is 0 Å². The smallest absolute Gasteiger partial charge is 0.419 e. The molecule has 1 aromatic heterocycles. The monoisotopic (exact) mass is 299 g/mol. The Bertz CT molecular complexity index is 817. The number of aryl methyl sites for hydroxylation is 1. The first-order valence-corrected chi connectivity index (χ1v) is 7.08. The van der Waals surface area contributed by atoms with E-state index in [1.165, 1.54) is 29.8 Å². The van der Waals surface area contributed by atoms with Gasteiger partial charge < -0.3 is 14.3 Å². The van der Waals surface area contributed by atoms with E-state index in [0.717, 1.165) is 0 Å². The molecule has 8 nitrogen and oxygen atoms in total. The molecule has 1 heterocycles. The summed E-state index contributed by atoms with van der Waals surface area (Å²) in [7, 11) is -2.36. The number of aromatic nitrogens is 1. The average molecular weight is 299 g/mol. The number of carbonyl (C=O) groups is 1. The molecule has 0 aliphatic carbocycles. The molecule has 0 atom stereocenters. The average Bonchev–Trinajstić information content (AvgIpc) is 2.64. The first kappa shape index (κ1) is 14.3. The van der Waals surface area contributed by atoms with Crippen LogP contribution < -0.4 is 15.6 Å². The SMILES string of the molecule is Cn1c(=O)oc2cc(S(=O)(=O)NCCC(=O)[O-])ccc21. The van der Waals surface area contributed by atoms with Crippen LogP contribution in [0.1, 0.15) is 6.42 Å². The van der Waals surface area contributed by atoms with Gasteiger partial charge in [-0.25, -0.2) is 17.9 Å². The Morgan fingerprint density at radius 1 is 1.45 bits per heavy atom. The molecule has 0 saturated heterocycles. The molecular formula is C11H11N2O6S-. The summed E-state index contributed by atoms with van der Waals surface area (Å²) in [6.07, 6.45) is -0.429. The number of hydrogen-bond acceptors (Lipinski definition) is 6. The highest BCUT2D eigenvalue weighted by atomic mass is 32.2. The summed E-state index contributed by atoms with van der Waals surface area (Å²) in [6, 6.07) is 3.95. The quantitative estimate of drug-likeness (QED) is 0.721. The second kappa shape index (κ2) is 5.10. The second-order valence-electron chi connectivity index (χ2n) is 4.08. The van der Waals surface area contributed by atoms with Crippen LogP contribution in [0.4, 0.5) is 0 Å². The second-order valence-corrected chi connectivity index (χ2v) is 5.84. The van der Waals surface area contributed by atoms with Gasteiger partial charge in [0.05, 0.1) is 10.4 Å². The third kappa shape index (κ3) is 2.73. The Kier molecular flexibility index (Phi) is 3.64. The van der Waals surface area contributed by atoms with Crippen LogP contribution in [0.3, 0.4) is 0 Å². The molecule has 20 heavy (non-hydrogen) atoms. The van der Waals surface area contributed by atoms with Gasteiger partial charge in [-0.1, -0.05) is 0 Å². The zero-order chi connectivity index (χ0) is 14.9. The van der Waals surface area contributed by atoms with Crippen molar-refractivity contribution in [2.75, 3.05) is 6.54 Å². The van der Waals surface area contributed by atoms with E-state index in [1.54, 1.807) is 0 Å². The van der Waals surface area contributed by atoms with E-state index in [-0.39, 0.29) is 17.0 Å². The first-order chi connectivity index (χ1) is 9.31. The predicted octanol–water partition coefficient (Wildman–Crippen LogP) is -1.45. The minimum atomic E-state index is -3.86. The largest absolute Gasteiger partial charge is 0.550 e. The minimum Gasteiger partial charge on any atom is -0.550 e. The summed E-state index contributed by atoms with van der Waals surface area (Å²) in [4.78, 5) is 21.4. The van der Waals surface area contributed by atoms with Crippen LogP contribution in [-0.4, -0.2) is 25.5 Å². The molecule has 0 aliphatic heterocycles. The number of carbonyl (C=O) groups excluding carboxylic acids is 1. The van der Waals surface area contributed by atoms with E-state index in [2.05, 4.69) is 4.72 Å². The summed E-state index contributed by atoms with van der Waals surface area (Å²) < 4.78 is 32.0. The number of oxazole rings is 1. The van der Waals surface area contributed by atoms with Crippen molar-refractivity contribution >= 4 is 27.1 Å². The van der Waals surface area contributed by atoms with Crippen LogP contribution in [0, 0.1) is 0 Å². The van der Waals surface area contributed by atoms with Crippen molar-refractivity contribution in [1.29, 1.82) is 0 Å². The van der Waals surface area contributed by atoms with Crippen LogP contribution >= 0.6 is 0 Å². The Hall–Kier alpha value is -2.13. The minimum absolute atomic E-state index is 0.113. The van der Waals surface area contributed by atoms with Crippen molar-refractivity contribution in [3.8, 4) is 0 Å². The first-order valence-electron chi connectivity index (χ1n) is 5.60. The van der Waals surface area contributed by atoms with Gasteiger partial charge in [-0.05, 0) is 12.1 Å². The number of carboxylic acid groups (broad SMARTS) is 1. The van der Waals surface area contributed by atoms with Gasteiger partial charge in [0.1, 0.15) is 0 Å². The fourth-order valence-electron chi connectivity index (χ4n) is 1.65. The molecule has 0 spiro atoms. The fraction of sp³-hybridized carbons (Fsp3) is 0.273. The third-order valence-electron chi connectivity index (χ3n) is 2.70. The maximum Gasteiger partial charge on any atom is 0.419 e. The Morgan fingerprint density at radius 2 is 2.15 bits per heavy atom. The lowest BCUT2D eigenvalue weighted by atomic mass is 10.3. The molecule has 0 aliphatic rings. The van der Waals surface area contributed by atoms with Crippen LogP contribution in [0.5, 0.6) is 0 Å². The van der Waals surface area contributed by atoms with Crippen LogP contribution in [0.15, 0.2) is 32.3 Å². The molecule has 108 valence electrons. The zero-order valence-electron chi connectivity index (χ0n) is 10.5. The van der Waals surface area contributed by atoms with Crippen LogP contribution in [0.25, 0.3) is 11.1 Å². The lowest BCUT2D eigenvalue weighted by Crippen LogP contribution is -2.31. The summed E-state index contributed by atoms with van der Waals surface area (Å²) in [5.41, 5.74) is 0.601.